The van der Waals surface area contributed by atoms with Gasteiger partial charge in [0.1, 0.15) is 5.69 Å². The summed E-state index contributed by atoms with van der Waals surface area (Å²) in [4.78, 5) is 11.2. The molecule has 3 heteroatoms. The number of hydrogen-bond donors (Lipinski definition) is 0. The van der Waals surface area contributed by atoms with Crippen molar-refractivity contribution in [2.45, 2.75) is 0 Å². The highest BCUT2D eigenvalue weighted by atomic mass is 15.1. The zero-order valence-electron chi connectivity index (χ0n) is 28.6. The molecule has 0 unspecified atom stereocenters. The van der Waals surface area contributed by atoms with Gasteiger partial charge < -0.3 is 0 Å². The fraction of sp³-hybridized carbons (Fsp3) is 0. The number of aromatic nitrogens is 3. The van der Waals surface area contributed by atoms with E-state index in [-0.39, 0.29) is 0 Å². The van der Waals surface area contributed by atoms with Crippen molar-refractivity contribution < 1.29 is 0 Å². The molecular formula is C50H29N3. The fourth-order valence-electron chi connectivity index (χ4n) is 8.88. The molecule has 53 heavy (non-hydrogen) atoms. The Morgan fingerprint density at radius 3 is 1.66 bits per heavy atom. The first-order valence-electron chi connectivity index (χ1n) is 18.2. The smallest absolute Gasteiger partial charge is 0.165 e. The molecule has 0 amide bonds. The van der Waals surface area contributed by atoms with Crippen LogP contribution in [0, 0.1) is 0 Å². The van der Waals surface area contributed by atoms with Crippen molar-refractivity contribution in [1.82, 2.24) is 14.5 Å². The molecule has 2 aromatic heterocycles. The number of hydrogen-bond acceptors (Lipinski definition) is 2. The van der Waals surface area contributed by atoms with E-state index in [9.17, 15) is 0 Å². The van der Waals surface area contributed by atoms with Gasteiger partial charge in [-0.15, -0.1) is 0 Å². The van der Waals surface area contributed by atoms with Crippen LogP contribution in [0.25, 0.3) is 115 Å². The van der Waals surface area contributed by atoms with Gasteiger partial charge in [-0.2, -0.15) is 0 Å². The largest absolute Gasteiger partial charge is 0.292 e. The molecule has 0 radical (unpaired) electrons. The minimum atomic E-state index is 0.823. The van der Waals surface area contributed by atoms with Crippen LogP contribution in [0.1, 0.15) is 0 Å². The maximum Gasteiger partial charge on any atom is 0.165 e. The summed E-state index contributed by atoms with van der Waals surface area (Å²) in [6.45, 7) is 0. The molecule has 2 heterocycles. The molecular weight excluding hydrogens is 643 g/mol. The first-order chi connectivity index (χ1) is 26.3. The van der Waals surface area contributed by atoms with Gasteiger partial charge in [-0.05, 0) is 84.2 Å². The Morgan fingerprint density at radius 2 is 0.906 bits per heavy atom. The SMILES string of the molecule is c1ccc2cc(-c3nc4ccc5ccccc5c4nc3-n3c4cc5ccccc5cc4c4c5c6ccccc6c6ccccc6c5ccc43)ccc2c1. The maximum absolute atomic E-state index is 5.68. The van der Waals surface area contributed by atoms with Crippen LogP contribution in [0.4, 0.5) is 0 Å². The zero-order valence-corrected chi connectivity index (χ0v) is 28.6. The van der Waals surface area contributed by atoms with Crippen molar-refractivity contribution in [1.29, 1.82) is 0 Å². The quantitative estimate of drug-likeness (QED) is 0.171. The van der Waals surface area contributed by atoms with Crippen LogP contribution < -0.4 is 0 Å². The highest BCUT2D eigenvalue weighted by Crippen LogP contribution is 2.45. The van der Waals surface area contributed by atoms with Gasteiger partial charge in [0.2, 0.25) is 0 Å². The molecule has 244 valence electrons. The first kappa shape index (κ1) is 28.6. The Hall–Kier alpha value is -7.10. The predicted molar refractivity (Wildman–Crippen MR) is 224 cm³/mol. The Balaban J connectivity index is 1.32. The van der Waals surface area contributed by atoms with E-state index in [1.54, 1.807) is 0 Å². The van der Waals surface area contributed by atoms with Gasteiger partial charge >= 0.3 is 0 Å². The van der Waals surface area contributed by atoms with Crippen LogP contribution in [0.5, 0.6) is 0 Å². The van der Waals surface area contributed by atoms with Crippen molar-refractivity contribution in [3.05, 3.63) is 176 Å². The van der Waals surface area contributed by atoms with Gasteiger partial charge in [0, 0.05) is 27.1 Å². The lowest BCUT2D eigenvalue weighted by molar-refractivity contribution is 1.08. The Labute approximate surface area is 304 Å². The molecule has 12 aromatic rings. The zero-order chi connectivity index (χ0) is 34.6. The molecule has 0 fully saturated rings. The second kappa shape index (κ2) is 10.7. The summed E-state index contributed by atoms with van der Waals surface area (Å²) >= 11 is 0. The molecule has 0 bridgehead atoms. The van der Waals surface area contributed by atoms with Crippen LogP contribution in [0.2, 0.25) is 0 Å². The van der Waals surface area contributed by atoms with Gasteiger partial charge in [0.25, 0.3) is 0 Å². The Bertz CT molecular complexity index is 3480. The topological polar surface area (TPSA) is 30.7 Å². The van der Waals surface area contributed by atoms with E-state index in [4.69, 9.17) is 9.97 Å². The molecule has 0 atom stereocenters. The summed E-state index contributed by atoms with van der Waals surface area (Å²) < 4.78 is 2.39. The van der Waals surface area contributed by atoms with Gasteiger partial charge in [-0.25, -0.2) is 9.97 Å². The lowest BCUT2D eigenvalue weighted by Crippen LogP contribution is -2.04. The second-order valence-electron chi connectivity index (χ2n) is 14.1. The van der Waals surface area contributed by atoms with E-state index in [1.807, 2.05) is 0 Å². The van der Waals surface area contributed by atoms with Crippen molar-refractivity contribution in [2.24, 2.45) is 0 Å². The summed E-state index contributed by atoms with van der Waals surface area (Å²) in [7, 11) is 0. The Morgan fingerprint density at radius 1 is 0.340 bits per heavy atom. The molecule has 0 spiro atoms. The molecule has 3 nitrogen and oxygen atoms in total. The number of fused-ring (bicyclic) bond motifs is 15. The third kappa shape index (κ3) is 4.05. The summed E-state index contributed by atoms with van der Waals surface area (Å²) in [6.07, 6.45) is 0. The predicted octanol–water partition coefficient (Wildman–Crippen LogP) is 13.3. The van der Waals surface area contributed by atoms with Gasteiger partial charge in [-0.1, -0.05) is 146 Å². The average molecular weight is 672 g/mol. The minimum Gasteiger partial charge on any atom is -0.292 e. The van der Waals surface area contributed by atoms with E-state index >= 15 is 0 Å². The Kier molecular flexibility index (Phi) is 5.77. The van der Waals surface area contributed by atoms with Crippen LogP contribution in [0.3, 0.4) is 0 Å². The summed E-state index contributed by atoms with van der Waals surface area (Å²) in [5.41, 5.74) is 5.89. The number of rotatable bonds is 2. The van der Waals surface area contributed by atoms with E-state index in [0.29, 0.717) is 0 Å². The van der Waals surface area contributed by atoms with Gasteiger partial charge in [0.15, 0.2) is 5.82 Å². The first-order valence-corrected chi connectivity index (χ1v) is 18.2. The molecule has 0 aliphatic heterocycles. The second-order valence-corrected chi connectivity index (χ2v) is 14.1. The average Bonchev–Trinajstić information content (AvgIpc) is 3.55. The van der Waals surface area contributed by atoms with Crippen molar-refractivity contribution in [2.75, 3.05) is 0 Å². The molecule has 0 saturated carbocycles. The number of nitrogens with zero attached hydrogens (tertiary/aromatic N) is 3. The van der Waals surface area contributed by atoms with Gasteiger partial charge in [0.05, 0.1) is 22.1 Å². The van der Waals surface area contributed by atoms with E-state index in [0.717, 1.165) is 49.9 Å². The van der Waals surface area contributed by atoms with Crippen molar-refractivity contribution in [3.63, 3.8) is 0 Å². The number of benzene rings is 10. The highest BCUT2D eigenvalue weighted by Gasteiger charge is 2.23. The highest BCUT2D eigenvalue weighted by molar-refractivity contribution is 6.35. The fourth-order valence-corrected chi connectivity index (χ4v) is 8.88. The van der Waals surface area contributed by atoms with Crippen LogP contribution >= 0.6 is 0 Å². The molecule has 0 N–H and O–H groups in total. The van der Waals surface area contributed by atoms with Crippen LogP contribution in [0.15, 0.2) is 176 Å². The van der Waals surface area contributed by atoms with E-state index < -0.39 is 0 Å². The van der Waals surface area contributed by atoms with E-state index in [2.05, 4.69) is 180 Å². The summed E-state index contributed by atoms with van der Waals surface area (Å²) in [6, 6.07) is 63.7. The third-order valence-electron chi connectivity index (χ3n) is 11.3. The normalized spacial score (nSPS) is 12.2. The van der Waals surface area contributed by atoms with Crippen LogP contribution in [-0.4, -0.2) is 14.5 Å². The molecule has 0 aliphatic rings. The van der Waals surface area contributed by atoms with Gasteiger partial charge in [-0.3, -0.25) is 4.57 Å². The lowest BCUT2D eigenvalue weighted by atomic mass is 9.91. The standard InChI is InChI=1S/C50H29N3/c1-2-13-32-27-35(22-21-30(32)11-1)48-50(52-49-36-16-6-5-12-31(36)23-25-43(49)51-48)53-44-26-24-41-39-19-8-7-17-37(39)38-18-9-10-20-40(38)46(41)47(44)42-28-33-14-3-4-15-34(33)29-45(42)53/h1-29H. The minimum absolute atomic E-state index is 0.823. The molecule has 0 saturated heterocycles. The third-order valence-corrected chi connectivity index (χ3v) is 11.3. The maximum atomic E-state index is 5.68. The van der Waals surface area contributed by atoms with Crippen molar-refractivity contribution >= 4 is 97.5 Å². The summed E-state index contributed by atoms with van der Waals surface area (Å²) in [5.74, 6) is 0.823. The molecule has 0 aliphatic carbocycles. The molecule has 10 aromatic carbocycles. The van der Waals surface area contributed by atoms with Crippen LogP contribution in [-0.2, 0) is 0 Å². The van der Waals surface area contributed by atoms with Crippen molar-refractivity contribution in [3.8, 4) is 17.1 Å². The van der Waals surface area contributed by atoms with E-state index in [1.165, 1.54) is 64.6 Å². The monoisotopic (exact) mass is 671 g/mol. The molecule has 12 rings (SSSR count). The lowest BCUT2D eigenvalue weighted by Gasteiger charge is -2.16. The summed E-state index contributed by atoms with van der Waals surface area (Å²) in [5, 5.41) is 17.0.